The molecule has 0 amide bonds. The van der Waals surface area contributed by atoms with Crippen molar-refractivity contribution in [2.75, 3.05) is 18.2 Å². The second-order valence-electron chi connectivity index (χ2n) is 3.98. The van der Waals surface area contributed by atoms with E-state index in [0.29, 0.717) is 23.6 Å². The van der Waals surface area contributed by atoms with Crippen molar-refractivity contribution in [3.05, 3.63) is 47.7 Å². The summed E-state index contributed by atoms with van der Waals surface area (Å²) in [5.41, 5.74) is 7.58. The Morgan fingerprint density at radius 1 is 1.37 bits per heavy atom. The molecule has 0 radical (unpaired) electrons. The number of aromatic nitrogens is 1. The van der Waals surface area contributed by atoms with Crippen LogP contribution in [-0.4, -0.2) is 12.1 Å². The fraction of sp³-hybridized carbons (Fsp3) is 0.143. The van der Waals surface area contributed by atoms with Gasteiger partial charge in [0.15, 0.2) is 0 Å². The number of nitrogens with two attached hydrogens (primary N) is 1. The van der Waals surface area contributed by atoms with Crippen molar-refractivity contribution in [2.45, 2.75) is 6.54 Å². The summed E-state index contributed by atoms with van der Waals surface area (Å²) in [5.74, 6) is 1.35. The highest BCUT2D eigenvalue weighted by molar-refractivity contribution is 5.57. The van der Waals surface area contributed by atoms with Gasteiger partial charge >= 0.3 is 0 Å². The average molecular weight is 254 g/mol. The lowest BCUT2D eigenvalue weighted by Gasteiger charge is -2.08. The fourth-order valence-corrected chi connectivity index (χ4v) is 1.64. The Hall–Kier alpha value is -2.74. The summed E-state index contributed by atoms with van der Waals surface area (Å²) < 4.78 is 5.09. The van der Waals surface area contributed by atoms with E-state index in [0.717, 1.165) is 11.3 Å². The Balaban J connectivity index is 2.08. The van der Waals surface area contributed by atoms with Gasteiger partial charge in [0.1, 0.15) is 17.6 Å². The van der Waals surface area contributed by atoms with Gasteiger partial charge in [0.25, 0.3) is 0 Å². The maximum atomic E-state index is 9.01. The molecule has 0 saturated carbocycles. The number of ether oxygens (including phenoxy) is 1. The van der Waals surface area contributed by atoms with Crippen LogP contribution in [0.1, 0.15) is 11.1 Å². The minimum absolute atomic E-state index is 0.438. The molecular formula is C14H14N4O. The van der Waals surface area contributed by atoms with Crippen molar-refractivity contribution in [2.24, 2.45) is 0 Å². The number of hydrogen-bond acceptors (Lipinski definition) is 5. The minimum atomic E-state index is 0.438. The highest BCUT2D eigenvalue weighted by Gasteiger charge is 2.04. The van der Waals surface area contributed by atoms with Crippen LogP contribution >= 0.6 is 0 Å². The van der Waals surface area contributed by atoms with E-state index in [4.69, 9.17) is 15.7 Å². The van der Waals surface area contributed by atoms with Gasteiger partial charge < -0.3 is 15.8 Å². The lowest BCUT2D eigenvalue weighted by atomic mass is 10.2. The molecule has 1 heterocycles. The fourth-order valence-electron chi connectivity index (χ4n) is 1.64. The van der Waals surface area contributed by atoms with E-state index in [9.17, 15) is 0 Å². The van der Waals surface area contributed by atoms with E-state index in [-0.39, 0.29) is 0 Å². The summed E-state index contributed by atoms with van der Waals surface area (Å²) in [6, 6.07) is 11.3. The van der Waals surface area contributed by atoms with E-state index < -0.39 is 0 Å². The molecular weight excluding hydrogens is 240 g/mol. The first kappa shape index (κ1) is 12.7. The molecule has 3 N–H and O–H groups in total. The van der Waals surface area contributed by atoms with E-state index in [2.05, 4.69) is 16.4 Å². The van der Waals surface area contributed by atoms with E-state index in [1.807, 2.05) is 24.3 Å². The van der Waals surface area contributed by atoms with Crippen LogP contribution < -0.4 is 15.8 Å². The molecule has 1 aromatic carbocycles. The van der Waals surface area contributed by atoms with Crippen molar-refractivity contribution in [1.82, 2.24) is 4.98 Å². The van der Waals surface area contributed by atoms with Gasteiger partial charge in [0.05, 0.1) is 24.6 Å². The van der Waals surface area contributed by atoms with Gasteiger partial charge in [-0.1, -0.05) is 12.1 Å². The zero-order valence-electron chi connectivity index (χ0n) is 10.6. The van der Waals surface area contributed by atoms with Crippen molar-refractivity contribution >= 4 is 11.5 Å². The molecule has 0 saturated heterocycles. The average Bonchev–Trinajstić information content (AvgIpc) is 2.46. The lowest BCUT2D eigenvalue weighted by molar-refractivity contribution is 0.414. The van der Waals surface area contributed by atoms with Crippen LogP contribution in [-0.2, 0) is 6.54 Å². The second kappa shape index (κ2) is 5.74. The first-order chi connectivity index (χ1) is 9.22. The molecule has 5 nitrogen and oxygen atoms in total. The van der Waals surface area contributed by atoms with E-state index in [1.165, 1.54) is 6.20 Å². The van der Waals surface area contributed by atoms with Crippen molar-refractivity contribution < 1.29 is 4.74 Å². The summed E-state index contributed by atoms with van der Waals surface area (Å²) in [4.78, 5) is 4.11. The maximum absolute atomic E-state index is 9.01. The normalized spacial score (nSPS) is 9.68. The number of rotatable bonds is 4. The molecule has 96 valence electrons. The molecule has 0 bridgehead atoms. The first-order valence-corrected chi connectivity index (χ1v) is 5.75. The molecule has 0 aliphatic carbocycles. The standard InChI is InChI=1S/C14H14N4O/c1-19-13-4-2-10(3-5-13)8-17-14-11(7-15)6-12(16)9-18-14/h2-6,9H,8,16H2,1H3,(H,17,18). The van der Waals surface area contributed by atoms with Crippen molar-refractivity contribution in [3.63, 3.8) is 0 Å². The summed E-state index contributed by atoms with van der Waals surface area (Å²) in [7, 11) is 1.63. The number of nitriles is 1. The molecule has 5 heteroatoms. The highest BCUT2D eigenvalue weighted by Crippen LogP contribution is 2.16. The van der Waals surface area contributed by atoms with Gasteiger partial charge in [-0.3, -0.25) is 0 Å². The van der Waals surface area contributed by atoms with Crippen LogP contribution in [0.5, 0.6) is 5.75 Å². The van der Waals surface area contributed by atoms with Crippen LogP contribution in [0.3, 0.4) is 0 Å². The zero-order valence-corrected chi connectivity index (χ0v) is 10.6. The Bertz CT molecular complexity index is 602. The maximum Gasteiger partial charge on any atom is 0.144 e. The van der Waals surface area contributed by atoms with Gasteiger partial charge in [-0.15, -0.1) is 0 Å². The predicted octanol–water partition coefficient (Wildman–Crippen LogP) is 2.16. The Morgan fingerprint density at radius 3 is 2.74 bits per heavy atom. The van der Waals surface area contributed by atoms with Crippen LogP contribution in [0.2, 0.25) is 0 Å². The largest absolute Gasteiger partial charge is 0.497 e. The molecule has 19 heavy (non-hydrogen) atoms. The number of benzene rings is 1. The predicted molar refractivity (Wildman–Crippen MR) is 73.7 cm³/mol. The smallest absolute Gasteiger partial charge is 0.144 e. The second-order valence-corrected chi connectivity index (χ2v) is 3.98. The molecule has 0 aliphatic rings. The van der Waals surface area contributed by atoms with Crippen LogP contribution in [0.4, 0.5) is 11.5 Å². The summed E-state index contributed by atoms with van der Waals surface area (Å²) in [6.45, 7) is 0.579. The third-order valence-corrected chi connectivity index (χ3v) is 2.65. The number of pyridine rings is 1. The Kier molecular flexibility index (Phi) is 3.84. The van der Waals surface area contributed by atoms with Gasteiger partial charge in [-0.05, 0) is 23.8 Å². The Morgan fingerprint density at radius 2 is 2.11 bits per heavy atom. The molecule has 0 spiro atoms. The SMILES string of the molecule is COc1ccc(CNc2ncc(N)cc2C#N)cc1. The quantitative estimate of drug-likeness (QED) is 0.873. The third-order valence-electron chi connectivity index (χ3n) is 2.65. The number of nitrogens with one attached hydrogen (secondary N) is 1. The molecule has 0 fully saturated rings. The highest BCUT2D eigenvalue weighted by atomic mass is 16.5. The van der Waals surface area contributed by atoms with Gasteiger partial charge in [0.2, 0.25) is 0 Å². The van der Waals surface area contributed by atoms with Gasteiger partial charge in [-0.2, -0.15) is 5.26 Å². The molecule has 1 aromatic heterocycles. The summed E-state index contributed by atoms with van der Waals surface area (Å²) in [6.07, 6.45) is 1.52. The molecule has 2 rings (SSSR count). The van der Waals surface area contributed by atoms with Crippen LogP contribution in [0, 0.1) is 11.3 Å². The number of anilines is 2. The topological polar surface area (TPSA) is 84.0 Å². The number of nitrogens with zero attached hydrogens (tertiary/aromatic N) is 2. The monoisotopic (exact) mass is 254 g/mol. The number of nitrogen functional groups attached to an aromatic ring is 1. The van der Waals surface area contributed by atoms with Crippen LogP contribution in [0.25, 0.3) is 0 Å². The van der Waals surface area contributed by atoms with Gasteiger partial charge in [0, 0.05) is 6.54 Å². The first-order valence-electron chi connectivity index (χ1n) is 5.75. The van der Waals surface area contributed by atoms with Crippen LogP contribution in [0.15, 0.2) is 36.5 Å². The van der Waals surface area contributed by atoms with Gasteiger partial charge in [-0.25, -0.2) is 4.98 Å². The lowest BCUT2D eigenvalue weighted by Crippen LogP contribution is -2.04. The molecule has 2 aromatic rings. The van der Waals surface area contributed by atoms with E-state index in [1.54, 1.807) is 13.2 Å². The third kappa shape index (κ3) is 3.13. The molecule has 0 atom stereocenters. The molecule has 0 unspecified atom stereocenters. The molecule has 0 aliphatic heterocycles. The van der Waals surface area contributed by atoms with Crippen molar-refractivity contribution in [1.29, 1.82) is 5.26 Å². The Labute approximate surface area is 111 Å². The summed E-state index contributed by atoms with van der Waals surface area (Å²) in [5, 5.41) is 12.1. The van der Waals surface area contributed by atoms with E-state index >= 15 is 0 Å². The zero-order chi connectivity index (χ0) is 13.7. The number of methoxy groups -OCH3 is 1. The minimum Gasteiger partial charge on any atom is -0.497 e. The van der Waals surface area contributed by atoms with Crippen molar-refractivity contribution in [3.8, 4) is 11.8 Å². The number of hydrogen-bond donors (Lipinski definition) is 2. The summed E-state index contributed by atoms with van der Waals surface area (Å²) >= 11 is 0.